The fraction of sp³-hybridized carbons (Fsp3) is 0.250. The van der Waals surface area contributed by atoms with Crippen LogP contribution in [0.25, 0.3) is 5.69 Å². The zero-order chi connectivity index (χ0) is 16.6. The standard InChI is InChI=1S/C16H14ClFN2O3/c17-13-8-12(16(22)23)15(21)20(11-4-2-10(18)3-5-11)14(13)9-19-6-1-7-19/h2-5,8H,1,6-7,9H2,(H,22,23). The molecule has 0 bridgehead atoms. The molecule has 1 aromatic carbocycles. The van der Waals surface area contributed by atoms with E-state index in [2.05, 4.69) is 4.90 Å². The van der Waals surface area contributed by atoms with Gasteiger partial charge >= 0.3 is 5.97 Å². The third-order valence-electron chi connectivity index (χ3n) is 3.89. The Morgan fingerprint density at radius 3 is 2.43 bits per heavy atom. The number of aromatic nitrogens is 1. The number of likely N-dealkylation sites (tertiary alicyclic amines) is 1. The second-order valence-electron chi connectivity index (χ2n) is 5.40. The van der Waals surface area contributed by atoms with E-state index in [1.807, 2.05) is 0 Å². The lowest BCUT2D eigenvalue weighted by molar-refractivity contribution is 0.0694. The highest BCUT2D eigenvalue weighted by Crippen LogP contribution is 2.23. The van der Waals surface area contributed by atoms with Crippen LogP contribution in [0.5, 0.6) is 0 Å². The maximum atomic E-state index is 13.1. The first-order chi connectivity index (χ1) is 11.0. The Morgan fingerprint density at radius 1 is 1.26 bits per heavy atom. The molecule has 0 unspecified atom stereocenters. The van der Waals surface area contributed by atoms with Crippen LogP contribution in [-0.4, -0.2) is 33.6 Å². The zero-order valence-electron chi connectivity index (χ0n) is 12.1. The van der Waals surface area contributed by atoms with Crippen LogP contribution in [0.1, 0.15) is 22.5 Å². The van der Waals surface area contributed by atoms with Gasteiger partial charge in [0.15, 0.2) is 0 Å². The van der Waals surface area contributed by atoms with Crippen LogP contribution in [0.15, 0.2) is 35.1 Å². The second-order valence-corrected chi connectivity index (χ2v) is 5.81. The van der Waals surface area contributed by atoms with E-state index in [1.165, 1.54) is 34.9 Å². The van der Waals surface area contributed by atoms with Gasteiger partial charge in [0.25, 0.3) is 5.56 Å². The van der Waals surface area contributed by atoms with Gasteiger partial charge < -0.3 is 5.11 Å². The molecule has 7 heteroatoms. The molecule has 2 aromatic rings. The number of aromatic carboxylic acids is 1. The lowest BCUT2D eigenvalue weighted by Gasteiger charge is -2.32. The van der Waals surface area contributed by atoms with Gasteiger partial charge in [0, 0.05) is 12.2 Å². The molecule has 1 saturated heterocycles. The van der Waals surface area contributed by atoms with Gasteiger partial charge in [-0.3, -0.25) is 14.3 Å². The summed E-state index contributed by atoms with van der Waals surface area (Å²) in [6, 6.07) is 6.48. The van der Waals surface area contributed by atoms with E-state index in [1.54, 1.807) is 0 Å². The van der Waals surface area contributed by atoms with E-state index in [9.17, 15) is 19.1 Å². The van der Waals surface area contributed by atoms with Crippen molar-refractivity contribution in [3.63, 3.8) is 0 Å². The van der Waals surface area contributed by atoms with E-state index >= 15 is 0 Å². The molecule has 0 amide bonds. The molecule has 1 N–H and O–H groups in total. The van der Waals surface area contributed by atoms with Gasteiger partial charge in [0.2, 0.25) is 0 Å². The van der Waals surface area contributed by atoms with Crippen LogP contribution >= 0.6 is 11.6 Å². The van der Waals surface area contributed by atoms with E-state index < -0.39 is 22.9 Å². The van der Waals surface area contributed by atoms with Gasteiger partial charge in [-0.2, -0.15) is 0 Å². The summed E-state index contributed by atoms with van der Waals surface area (Å²) in [4.78, 5) is 25.9. The Labute approximate surface area is 136 Å². The quantitative estimate of drug-likeness (QED) is 0.932. The molecular formula is C16H14ClFN2O3. The smallest absolute Gasteiger partial charge is 0.341 e. The number of hydrogen-bond acceptors (Lipinski definition) is 3. The molecule has 0 radical (unpaired) electrons. The third kappa shape index (κ3) is 3.00. The summed E-state index contributed by atoms with van der Waals surface area (Å²) in [6.45, 7) is 2.23. The summed E-state index contributed by atoms with van der Waals surface area (Å²) in [7, 11) is 0. The minimum Gasteiger partial charge on any atom is -0.477 e. The predicted molar refractivity (Wildman–Crippen MR) is 83.9 cm³/mol. The van der Waals surface area contributed by atoms with E-state index in [0.29, 0.717) is 17.9 Å². The highest BCUT2D eigenvalue weighted by atomic mass is 35.5. The second kappa shape index (κ2) is 6.14. The van der Waals surface area contributed by atoms with Gasteiger partial charge in [-0.1, -0.05) is 11.6 Å². The Hall–Kier alpha value is -2.18. The number of hydrogen-bond donors (Lipinski definition) is 1. The minimum absolute atomic E-state index is 0.207. The highest BCUT2D eigenvalue weighted by Gasteiger charge is 2.22. The normalized spacial score (nSPS) is 14.5. The van der Waals surface area contributed by atoms with Gasteiger partial charge in [-0.15, -0.1) is 0 Å². The van der Waals surface area contributed by atoms with Gasteiger partial charge in [-0.25, -0.2) is 9.18 Å². The highest BCUT2D eigenvalue weighted by molar-refractivity contribution is 6.31. The summed E-state index contributed by atoms with van der Waals surface area (Å²) in [6.07, 6.45) is 1.08. The Bertz CT molecular complexity index is 813. The first-order valence-corrected chi connectivity index (χ1v) is 7.51. The van der Waals surface area contributed by atoms with Gasteiger partial charge in [0.1, 0.15) is 11.4 Å². The largest absolute Gasteiger partial charge is 0.477 e. The molecule has 1 aliphatic heterocycles. The number of carboxylic acids is 1. The van der Waals surface area contributed by atoms with Gasteiger partial charge in [-0.05, 0) is 49.8 Å². The molecule has 0 aliphatic carbocycles. The fourth-order valence-electron chi connectivity index (χ4n) is 2.54. The van der Waals surface area contributed by atoms with Crippen molar-refractivity contribution in [2.45, 2.75) is 13.0 Å². The Kier molecular flexibility index (Phi) is 4.19. The maximum Gasteiger partial charge on any atom is 0.341 e. The average Bonchev–Trinajstić information content (AvgIpc) is 2.46. The van der Waals surface area contributed by atoms with Crippen LogP contribution in [0, 0.1) is 5.82 Å². The van der Waals surface area contributed by atoms with E-state index in [4.69, 9.17) is 11.6 Å². The molecule has 5 nitrogen and oxygen atoms in total. The average molecular weight is 337 g/mol. The van der Waals surface area contributed by atoms with Crippen LogP contribution in [0.4, 0.5) is 4.39 Å². The van der Waals surface area contributed by atoms with Crippen molar-refractivity contribution in [1.29, 1.82) is 0 Å². The molecule has 0 spiro atoms. The number of carboxylic acid groups (broad SMARTS) is 1. The predicted octanol–water partition coefficient (Wildman–Crippen LogP) is 2.53. The summed E-state index contributed by atoms with van der Waals surface area (Å²) in [5.74, 6) is -1.78. The van der Waals surface area contributed by atoms with Crippen molar-refractivity contribution in [3.8, 4) is 5.69 Å². The maximum absolute atomic E-state index is 13.1. The van der Waals surface area contributed by atoms with Crippen LogP contribution in [0.3, 0.4) is 0 Å². The first-order valence-electron chi connectivity index (χ1n) is 7.13. The number of pyridine rings is 1. The third-order valence-corrected chi connectivity index (χ3v) is 4.21. The first kappa shape index (κ1) is 15.7. The molecule has 0 atom stereocenters. The van der Waals surface area contributed by atoms with Crippen molar-refractivity contribution in [2.24, 2.45) is 0 Å². The Morgan fingerprint density at radius 2 is 1.91 bits per heavy atom. The molecule has 1 aliphatic rings. The molecule has 120 valence electrons. The molecule has 0 saturated carbocycles. The summed E-state index contributed by atoms with van der Waals surface area (Å²) >= 11 is 6.23. The number of nitrogens with zero attached hydrogens (tertiary/aromatic N) is 2. The monoisotopic (exact) mass is 336 g/mol. The van der Waals surface area contributed by atoms with Crippen molar-refractivity contribution < 1.29 is 14.3 Å². The zero-order valence-corrected chi connectivity index (χ0v) is 12.9. The molecular weight excluding hydrogens is 323 g/mol. The Balaban J connectivity index is 2.21. The fourth-order valence-corrected chi connectivity index (χ4v) is 2.79. The van der Waals surface area contributed by atoms with E-state index in [-0.39, 0.29) is 5.02 Å². The van der Waals surface area contributed by atoms with Crippen LogP contribution in [-0.2, 0) is 6.54 Å². The van der Waals surface area contributed by atoms with Crippen molar-refractivity contribution >= 4 is 17.6 Å². The number of rotatable bonds is 4. The molecule has 1 fully saturated rings. The lowest BCUT2D eigenvalue weighted by Crippen LogP contribution is -2.39. The van der Waals surface area contributed by atoms with E-state index in [0.717, 1.165) is 19.5 Å². The number of benzene rings is 1. The molecule has 3 rings (SSSR count). The lowest BCUT2D eigenvalue weighted by atomic mass is 10.1. The topological polar surface area (TPSA) is 62.5 Å². The molecule has 23 heavy (non-hydrogen) atoms. The number of carbonyl (C=O) groups is 1. The van der Waals surface area contributed by atoms with Crippen molar-refractivity contribution in [1.82, 2.24) is 9.47 Å². The van der Waals surface area contributed by atoms with Crippen molar-refractivity contribution in [3.05, 3.63) is 62.8 Å². The van der Waals surface area contributed by atoms with Gasteiger partial charge in [0.05, 0.1) is 10.7 Å². The van der Waals surface area contributed by atoms with Crippen molar-refractivity contribution in [2.75, 3.05) is 13.1 Å². The summed E-state index contributed by atoms with van der Waals surface area (Å²) in [5, 5.41) is 9.40. The minimum atomic E-state index is -1.34. The summed E-state index contributed by atoms with van der Waals surface area (Å²) in [5.41, 5.74) is -0.194. The van der Waals surface area contributed by atoms with Crippen LogP contribution < -0.4 is 5.56 Å². The summed E-state index contributed by atoms with van der Waals surface area (Å²) < 4.78 is 14.4. The SMILES string of the molecule is O=C(O)c1cc(Cl)c(CN2CCC2)n(-c2ccc(F)cc2)c1=O. The van der Waals surface area contributed by atoms with Crippen LogP contribution in [0.2, 0.25) is 5.02 Å². The number of halogens is 2. The molecule has 2 heterocycles. The molecule has 1 aromatic heterocycles.